The normalized spacial score (nSPS) is 13.1. The minimum absolute atomic E-state index is 0.435. The largest absolute Gasteiger partial charge is 0.310 e. The molecule has 314 valence electrons. The number of fused-ring (bicyclic) bond motifs is 14. The van der Waals surface area contributed by atoms with Crippen molar-refractivity contribution in [3.8, 4) is 100 Å². The van der Waals surface area contributed by atoms with Gasteiger partial charge in [0, 0.05) is 17.1 Å². The molecule has 0 N–H and O–H groups in total. The molecule has 15 rings (SSSR count). The second-order valence-corrected chi connectivity index (χ2v) is 18.7. The van der Waals surface area contributed by atoms with Crippen LogP contribution in [0.15, 0.2) is 249 Å². The lowest BCUT2D eigenvalue weighted by molar-refractivity contribution is 0.793. The fourth-order valence-electron chi connectivity index (χ4n) is 12.6. The summed E-state index contributed by atoms with van der Waals surface area (Å²) in [4.78, 5) is 2.44. The van der Waals surface area contributed by atoms with Crippen molar-refractivity contribution in [2.75, 3.05) is 4.90 Å². The van der Waals surface area contributed by atoms with Crippen molar-refractivity contribution in [2.45, 2.75) is 5.41 Å². The Morgan fingerprint density at radius 3 is 1.15 bits per heavy atom. The van der Waals surface area contributed by atoms with Gasteiger partial charge in [-0.05, 0) is 165 Å². The summed E-state index contributed by atoms with van der Waals surface area (Å²) >= 11 is 0. The number of anilines is 3. The minimum Gasteiger partial charge on any atom is -0.310 e. The van der Waals surface area contributed by atoms with Gasteiger partial charge in [-0.15, -0.1) is 0 Å². The highest BCUT2D eigenvalue weighted by atomic mass is 15.1. The molecule has 0 saturated heterocycles. The summed E-state index contributed by atoms with van der Waals surface area (Å²) in [6.45, 7) is 0. The van der Waals surface area contributed by atoms with E-state index in [0.29, 0.717) is 0 Å². The fourth-order valence-corrected chi connectivity index (χ4v) is 12.6. The zero-order valence-electron chi connectivity index (χ0n) is 37.1. The summed E-state index contributed by atoms with van der Waals surface area (Å²) < 4.78 is 0. The molecule has 11 aromatic rings. The first-order valence-corrected chi connectivity index (χ1v) is 23.7. The van der Waals surface area contributed by atoms with E-state index in [2.05, 4.69) is 254 Å². The van der Waals surface area contributed by atoms with Gasteiger partial charge in [-0.2, -0.15) is 0 Å². The van der Waals surface area contributed by atoms with Crippen LogP contribution in [0.2, 0.25) is 0 Å². The van der Waals surface area contributed by atoms with Crippen molar-refractivity contribution in [2.24, 2.45) is 0 Å². The molecule has 1 spiro atoms. The van der Waals surface area contributed by atoms with Crippen molar-refractivity contribution in [3.63, 3.8) is 0 Å². The molecule has 6 bridgehead atoms. The van der Waals surface area contributed by atoms with Crippen LogP contribution in [0, 0.1) is 0 Å². The third-order valence-corrected chi connectivity index (χ3v) is 15.4. The van der Waals surface area contributed by atoms with Crippen LogP contribution >= 0.6 is 0 Å². The lowest BCUT2D eigenvalue weighted by Crippen LogP contribution is -2.26. The molecular formula is C67H41N. The second kappa shape index (κ2) is 14.1. The summed E-state index contributed by atoms with van der Waals surface area (Å²) in [6, 6.07) is 93.1. The van der Waals surface area contributed by atoms with Gasteiger partial charge >= 0.3 is 0 Å². The van der Waals surface area contributed by atoms with Gasteiger partial charge in [-0.25, -0.2) is 0 Å². The lowest BCUT2D eigenvalue weighted by Gasteiger charge is -2.32. The Morgan fingerprint density at radius 1 is 0.206 bits per heavy atom. The number of hydrogen-bond acceptors (Lipinski definition) is 1. The maximum atomic E-state index is 2.49. The number of nitrogens with zero attached hydrogens (tertiary/aromatic N) is 1. The summed E-state index contributed by atoms with van der Waals surface area (Å²) in [5, 5.41) is 0. The zero-order valence-corrected chi connectivity index (χ0v) is 37.1. The highest BCUT2D eigenvalue weighted by Gasteiger charge is 2.51. The van der Waals surface area contributed by atoms with E-state index in [-0.39, 0.29) is 0 Å². The van der Waals surface area contributed by atoms with Crippen molar-refractivity contribution in [3.05, 3.63) is 271 Å². The van der Waals surface area contributed by atoms with E-state index in [1.807, 2.05) is 0 Å². The van der Waals surface area contributed by atoms with Gasteiger partial charge in [0.15, 0.2) is 0 Å². The van der Waals surface area contributed by atoms with Gasteiger partial charge in [-0.3, -0.25) is 0 Å². The van der Waals surface area contributed by atoms with Crippen LogP contribution in [0.25, 0.3) is 100 Å². The van der Waals surface area contributed by atoms with Gasteiger partial charge in [-0.1, -0.05) is 206 Å². The van der Waals surface area contributed by atoms with E-state index in [4.69, 9.17) is 0 Å². The molecule has 0 atom stereocenters. The number of hydrogen-bond donors (Lipinski definition) is 0. The first kappa shape index (κ1) is 37.4. The van der Waals surface area contributed by atoms with E-state index in [1.54, 1.807) is 0 Å². The Balaban J connectivity index is 0.891. The Hall–Kier alpha value is -8.78. The van der Waals surface area contributed by atoms with Gasteiger partial charge in [0.05, 0.1) is 5.41 Å². The fraction of sp³-hybridized carbons (Fsp3) is 0.0149. The molecule has 0 heterocycles. The number of rotatable bonds is 5. The molecule has 0 saturated carbocycles. The SMILES string of the molecule is c1ccc(-c2ccc(N(c3ccc(-c4ccc5c(c4)-c4c6cccc4-c4cccc-5c4-c4ccccc4-6)cc3)c3ccc4c(c3)C3(c5ccccc5-c5ccccc53)c3ccccc3-4)cc2)cc1. The zero-order chi connectivity index (χ0) is 44.5. The van der Waals surface area contributed by atoms with E-state index in [1.165, 1.54) is 122 Å². The molecule has 68 heavy (non-hydrogen) atoms. The molecule has 0 fully saturated rings. The molecule has 1 heteroatoms. The van der Waals surface area contributed by atoms with E-state index >= 15 is 0 Å². The molecule has 0 aromatic heterocycles. The van der Waals surface area contributed by atoms with Crippen LogP contribution in [0.5, 0.6) is 0 Å². The van der Waals surface area contributed by atoms with Gasteiger partial charge < -0.3 is 4.90 Å². The molecule has 0 unspecified atom stereocenters. The average Bonchev–Trinajstić information content (AvgIpc) is 3.84. The molecule has 0 radical (unpaired) electrons. The van der Waals surface area contributed by atoms with Crippen LogP contribution in [0.3, 0.4) is 0 Å². The third kappa shape index (κ3) is 5.05. The van der Waals surface area contributed by atoms with Crippen LogP contribution in [-0.4, -0.2) is 0 Å². The smallest absolute Gasteiger partial charge is 0.0726 e. The van der Waals surface area contributed by atoms with E-state index < -0.39 is 5.41 Å². The molecule has 4 aliphatic carbocycles. The Bertz CT molecular complexity index is 3810. The topological polar surface area (TPSA) is 3.24 Å². The van der Waals surface area contributed by atoms with Crippen LogP contribution in [-0.2, 0) is 5.41 Å². The van der Waals surface area contributed by atoms with E-state index in [0.717, 1.165) is 17.1 Å². The summed E-state index contributed by atoms with van der Waals surface area (Å²) in [5.41, 5.74) is 31.3. The van der Waals surface area contributed by atoms with Crippen LogP contribution in [0.1, 0.15) is 22.3 Å². The first-order chi connectivity index (χ1) is 33.7. The number of benzene rings is 11. The van der Waals surface area contributed by atoms with Crippen LogP contribution < -0.4 is 4.90 Å². The first-order valence-electron chi connectivity index (χ1n) is 23.7. The molecule has 0 aliphatic heterocycles. The highest BCUT2D eigenvalue weighted by Crippen LogP contribution is 2.64. The second-order valence-electron chi connectivity index (χ2n) is 18.7. The van der Waals surface area contributed by atoms with Gasteiger partial charge in [0.25, 0.3) is 0 Å². The third-order valence-electron chi connectivity index (χ3n) is 15.4. The monoisotopic (exact) mass is 859 g/mol. The minimum atomic E-state index is -0.435. The lowest BCUT2D eigenvalue weighted by atomic mass is 9.70. The molecule has 1 nitrogen and oxygen atoms in total. The quantitative estimate of drug-likeness (QED) is 0.167. The highest BCUT2D eigenvalue weighted by molar-refractivity contribution is 6.15. The Morgan fingerprint density at radius 2 is 0.574 bits per heavy atom. The maximum Gasteiger partial charge on any atom is 0.0726 e. The molecular weight excluding hydrogens is 819 g/mol. The predicted molar refractivity (Wildman–Crippen MR) is 283 cm³/mol. The maximum absolute atomic E-state index is 2.49. The standard InChI is InChI=1S/C67H41N/c1-2-14-42(15-3-1)43-28-33-46(34-29-43)68(48-37-39-54-53-19-8-11-27-63(53)67(64(54)41-48)61-25-9-6-17-51(61)52-18-7-10-26-62(52)67)47-35-30-44(31-36-47)45-32-38-50-57-22-13-23-58-59-24-12-21-56(66(59)60(50)40-45)49-16-4-5-20-55(49)65(57)58/h1-41H. The predicted octanol–water partition coefficient (Wildman–Crippen LogP) is 17.8. The summed E-state index contributed by atoms with van der Waals surface area (Å²) in [7, 11) is 0. The summed E-state index contributed by atoms with van der Waals surface area (Å²) in [5.74, 6) is 0. The molecule has 4 aliphatic rings. The van der Waals surface area contributed by atoms with E-state index in [9.17, 15) is 0 Å². The van der Waals surface area contributed by atoms with Crippen molar-refractivity contribution in [1.82, 2.24) is 0 Å². The average molecular weight is 860 g/mol. The van der Waals surface area contributed by atoms with Crippen molar-refractivity contribution in [1.29, 1.82) is 0 Å². The van der Waals surface area contributed by atoms with Crippen molar-refractivity contribution >= 4 is 17.1 Å². The summed E-state index contributed by atoms with van der Waals surface area (Å²) in [6.07, 6.45) is 0. The Labute approximate surface area is 396 Å². The van der Waals surface area contributed by atoms with Crippen molar-refractivity contribution < 1.29 is 0 Å². The van der Waals surface area contributed by atoms with Crippen LogP contribution in [0.4, 0.5) is 17.1 Å². The van der Waals surface area contributed by atoms with Gasteiger partial charge in [0.2, 0.25) is 0 Å². The molecule has 0 amide bonds. The Kier molecular flexibility index (Phi) is 7.77. The van der Waals surface area contributed by atoms with Gasteiger partial charge in [0.1, 0.15) is 0 Å². The molecule has 11 aromatic carbocycles.